The standard InChI is InChI=1S/C23H25F2N3O4S/c1-31-19-7-5-18(6-8-19)27-10-12-28(13-11-27)21(22-3-2-14-32-22)16-26-33(29,30)23-15-17(24)4-9-20(23)25/h2-9,14-15,21,26H,10-13,16H2,1H3. The quantitative estimate of drug-likeness (QED) is 0.536. The Labute approximate surface area is 191 Å². The molecule has 2 aromatic carbocycles. The lowest BCUT2D eigenvalue weighted by Gasteiger charge is -2.39. The molecule has 1 aliphatic heterocycles. The third-order valence-corrected chi connectivity index (χ3v) is 7.15. The van der Waals surface area contributed by atoms with Crippen molar-refractivity contribution in [1.82, 2.24) is 9.62 Å². The minimum Gasteiger partial charge on any atom is -0.497 e. The number of nitrogens with one attached hydrogen (secondary N) is 1. The number of benzene rings is 2. The number of anilines is 1. The van der Waals surface area contributed by atoms with Gasteiger partial charge in [-0.25, -0.2) is 21.9 Å². The molecule has 0 bridgehead atoms. The molecule has 2 heterocycles. The zero-order chi connectivity index (χ0) is 23.4. The zero-order valence-corrected chi connectivity index (χ0v) is 18.9. The van der Waals surface area contributed by atoms with Gasteiger partial charge >= 0.3 is 0 Å². The summed E-state index contributed by atoms with van der Waals surface area (Å²) in [5.41, 5.74) is 1.08. The van der Waals surface area contributed by atoms with Crippen molar-refractivity contribution in [3.05, 3.63) is 78.3 Å². The summed E-state index contributed by atoms with van der Waals surface area (Å²) in [5, 5.41) is 0. The predicted octanol–water partition coefficient (Wildman–Crippen LogP) is 3.41. The maximum Gasteiger partial charge on any atom is 0.243 e. The summed E-state index contributed by atoms with van der Waals surface area (Å²) >= 11 is 0. The van der Waals surface area contributed by atoms with Crippen molar-refractivity contribution in [2.45, 2.75) is 10.9 Å². The summed E-state index contributed by atoms with van der Waals surface area (Å²) in [4.78, 5) is 3.63. The van der Waals surface area contributed by atoms with Crippen molar-refractivity contribution < 1.29 is 26.4 Å². The Bertz CT molecular complexity index is 1160. The molecule has 0 amide bonds. The van der Waals surface area contributed by atoms with Crippen molar-refractivity contribution in [3.8, 4) is 5.75 Å². The number of methoxy groups -OCH3 is 1. The lowest BCUT2D eigenvalue weighted by Crippen LogP contribution is -2.49. The summed E-state index contributed by atoms with van der Waals surface area (Å²) in [6, 6.07) is 13.3. The fourth-order valence-corrected chi connectivity index (χ4v) is 5.05. The van der Waals surface area contributed by atoms with Gasteiger partial charge in [0.15, 0.2) is 0 Å². The van der Waals surface area contributed by atoms with Gasteiger partial charge < -0.3 is 14.1 Å². The Kier molecular flexibility index (Phi) is 6.96. The van der Waals surface area contributed by atoms with E-state index in [2.05, 4.69) is 14.5 Å². The van der Waals surface area contributed by atoms with Gasteiger partial charge in [0, 0.05) is 38.4 Å². The number of halogens is 2. The minimum atomic E-state index is -4.25. The van der Waals surface area contributed by atoms with Crippen LogP contribution in [0.1, 0.15) is 11.8 Å². The summed E-state index contributed by atoms with van der Waals surface area (Å²) in [6.07, 6.45) is 1.52. The number of nitrogens with zero attached hydrogens (tertiary/aromatic N) is 2. The van der Waals surface area contributed by atoms with Crippen molar-refractivity contribution in [2.75, 3.05) is 44.7 Å². The fraction of sp³-hybridized carbons (Fsp3) is 0.304. The van der Waals surface area contributed by atoms with E-state index in [0.29, 0.717) is 24.9 Å². The lowest BCUT2D eigenvalue weighted by atomic mass is 10.1. The zero-order valence-electron chi connectivity index (χ0n) is 18.1. The second kappa shape index (κ2) is 9.90. The Balaban J connectivity index is 1.46. The van der Waals surface area contributed by atoms with Gasteiger partial charge in [-0.1, -0.05) is 0 Å². The Morgan fingerprint density at radius 2 is 1.79 bits per heavy atom. The molecule has 0 radical (unpaired) electrons. The van der Waals surface area contributed by atoms with E-state index in [1.54, 1.807) is 19.2 Å². The number of sulfonamides is 1. The molecule has 3 aromatic rings. The molecule has 33 heavy (non-hydrogen) atoms. The average Bonchev–Trinajstić information content (AvgIpc) is 3.36. The second-order valence-electron chi connectivity index (χ2n) is 7.68. The minimum absolute atomic E-state index is 0.0473. The van der Waals surface area contributed by atoms with Crippen LogP contribution >= 0.6 is 0 Å². The molecule has 0 saturated carbocycles. The van der Waals surface area contributed by atoms with E-state index in [1.807, 2.05) is 24.3 Å². The van der Waals surface area contributed by atoms with Crippen LogP contribution in [0.4, 0.5) is 14.5 Å². The molecular formula is C23H25F2N3O4S. The van der Waals surface area contributed by atoms with E-state index in [4.69, 9.17) is 9.15 Å². The van der Waals surface area contributed by atoms with E-state index in [-0.39, 0.29) is 6.54 Å². The van der Waals surface area contributed by atoms with Gasteiger partial charge in [-0.15, -0.1) is 0 Å². The average molecular weight is 478 g/mol. The molecule has 1 saturated heterocycles. The van der Waals surface area contributed by atoms with Crippen molar-refractivity contribution in [2.24, 2.45) is 0 Å². The van der Waals surface area contributed by atoms with Crippen LogP contribution in [0.15, 0.2) is 70.2 Å². The van der Waals surface area contributed by atoms with Crippen LogP contribution in [0.5, 0.6) is 5.75 Å². The van der Waals surface area contributed by atoms with Crippen LogP contribution < -0.4 is 14.4 Å². The lowest BCUT2D eigenvalue weighted by molar-refractivity contribution is 0.166. The largest absolute Gasteiger partial charge is 0.497 e. The van der Waals surface area contributed by atoms with Crippen LogP contribution in [-0.4, -0.2) is 53.2 Å². The van der Waals surface area contributed by atoms with Gasteiger partial charge in [0.2, 0.25) is 10.0 Å². The number of hydrogen-bond donors (Lipinski definition) is 1. The Morgan fingerprint density at radius 3 is 2.42 bits per heavy atom. The first-order chi connectivity index (χ1) is 15.9. The SMILES string of the molecule is COc1ccc(N2CCN(C(CNS(=O)(=O)c3cc(F)ccc3F)c3ccco3)CC2)cc1. The van der Waals surface area contributed by atoms with Gasteiger partial charge in [0.05, 0.1) is 19.4 Å². The summed E-state index contributed by atoms with van der Waals surface area (Å²) in [6.45, 7) is 2.73. The molecule has 1 atom stereocenters. The van der Waals surface area contributed by atoms with E-state index >= 15 is 0 Å². The van der Waals surface area contributed by atoms with Gasteiger partial charge in [0.1, 0.15) is 28.0 Å². The molecule has 7 nitrogen and oxygen atoms in total. The summed E-state index contributed by atoms with van der Waals surface area (Å²) in [7, 11) is -2.63. The third-order valence-electron chi connectivity index (χ3n) is 5.71. The number of ether oxygens (including phenoxy) is 1. The van der Waals surface area contributed by atoms with Gasteiger partial charge in [0.25, 0.3) is 0 Å². The van der Waals surface area contributed by atoms with Crippen LogP contribution in [0.2, 0.25) is 0 Å². The Morgan fingerprint density at radius 1 is 1.06 bits per heavy atom. The molecule has 4 rings (SSSR count). The van der Waals surface area contributed by atoms with E-state index in [0.717, 1.165) is 36.7 Å². The number of rotatable bonds is 8. The molecule has 1 unspecified atom stereocenters. The monoisotopic (exact) mass is 477 g/mol. The third kappa shape index (κ3) is 5.35. The van der Waals surface area contributed by atoms with Crippen molar-refractivity contribution >= 4 is 15.7 Å². The number of hydrogen-bond acceptors (Lipinski definition) is 6. The van der Waals surface area contributed by atoms with Gasteiger partial charge in [-0.2, -0.15) is 0 Å². The number of piperazine rings is 1. The molecule has 1 fully saturated rings. The molecular weight excluding hydrogens is 452 g/mol. The first kappa shape index (κ1) is 23.2. The molecule has 176 valence electrons. The molecule has 1 aromatic heterocycles. The second-order valence-corrected chi connectivity index (χ2v) is 9.41. The smallest absolute Gasteiger partial charge is 0.243 e. The van der Waals surface area contributed by atoms with E-state index in [9.17, 15) is 17.2 Å². The van der Waals surface area contributed by atoms with Crippen molar-refractivity contribution in [1.29, 1.82) is 0 Å². The highest BCUT2D eigenvalue weighted by Crippen LogP contribution is 2.26. The Hall–Kier alpha value is -2.95. The normalized spacial score (nSPS) is 16.0. The fourth-order valence-electron chi connectivity index (χ4n) is 3.92. The first-order valence-electron chi connectivity index (χ1n) is 10.5. The topological polar surface area (TPSA) is 75.0 Å². The summed E-state index contributed by atoms with van der Waals surface area (Å²) in [5.74, 6) is -0.451. The van der Waals surface area contributed by atoms with Crippen LogP contribution in [-0.2, 0) is 10.0 Å². The van der Waals surface area contributed by atoms with Gasteiger partial charge in [-0.05, 0) is 54.6 Å². The van der Waals surface area contributed by atoms with Crippen molar-refractivity contribution in [3.63, 3.8) is 0 Å². The van der Waals surface area contributed by atoms with Crippen LogP contribution in [0.25, 0.3) is 0 Å². The van der Waals surface area contributed by atoms with Crippen LogP contribution in [0, 0.1) is 11.6 Å². The molecule has 0 spiro atoms. The highest BCUT2D eigenvalue weighted by molar-refractivity contribution is 7.89. The highest BCUT2D eigenvalue weighted by Gasteiger charge is 2.29. The maximum absolute atomic E-state index is 14.0. The molecule has 1 aliphatic rings. The first-order valence-corrected chi connectivity index (χ1v) is 12.0. The maximum atomic E-state index is 14.0. The molecule has 0 aliphatic carbocycles. The predicted molar refractivity (Wildman–Crippen MR) is 120 cm³/mol. The van der Waals surface area contributed by atoms with Crippen LogP contribution in [0.3, 0.4) is 0 Å². The summed E-state index contributed by atoms with van der Waals surface area (Å²) < 4.78 is 66.1. The molecule has 1 N–H and O–H groups in total. The highest BCUT2D eigenvalue weighted by atomic mass is 32.2. The van der Waals surface area contributed by atoms with E-state index < -0.39 is 32.6 Å². The number of furan rings is 1. The molecule has 10 heteroatoms. The van der Waals surface area contributed by atoms with Gasteiger partial charge in [-0.3, -0.25) is 4.90 Å². The van der Waals surface area contributed by atoms with E-state index in [1.165, 1.54) is 6.26 Å².